The number of fused-ring (bicyclic) bond motifs is 3. The standard InChI is InChI=1S/C46H74O22/c1-19-11-46-10-5-25-43(2,7-4-8-44(25,3)42(61)68-41-36(60)33(57)29(53)23(15-49)65-41)26(46)6-9-45(19,18-46)12-21-37(66-39-34(58)31(55)27(51)20(13-47)17-62-39)38(30(54)24(16-50)63-21)67-40-35(59)32(56)28(52)22(14-48)64-40/h20-41,47-60H,1,4-18H2,2-3H3/t20?,21?,22-,23?,24-,25+,26+,27-,28?,29-,30?,31?,32?,33?,34?,35-,36?,37+,38?,39+,40?,41+,43-,44-,45+,46-/m1/s1. The van der Waals surface area contributed by atoms with E-state index in [1.165, 1.54) is 0 Å². The van der Waals surface area contributed by atoms with Gasteiger partial charge in [-0.3, -0.25) is 4.79 Å². The molecule has 12 unspecified atom stereocenters. The quantitative estimate of drug-likeness (QED) is 0.0651. The molecule has 0 amide bonds. The zero-order valence-electron chi connectivity index (χ0n) is 38.5. The molecule has 4 saturated heterocycles. The summed E-state index contributed by atoms with van der Waals surface area (Å²) in [6.07, 6.45) is -24.8. The molecule has 8 fully saturated rings. The van der Waals surface area contributed by atoms with E-state index in [0.29, 0.717) is 51.4 Å². The van der Waals surface area contributed by atoms with Crippen molar-refractivity contribution in [2.24, 2.45) is 39.4 Å². The Hall–Kier alpha value is -1.59. The molecule has 8 rings (SSSR count). The van der Waals surface area contributed by atoms with Crippen LogP contribution in [0.2, 0.25) is 0 Å². The lowest BCUT2D eigenvalue weighted by molar-refractivity contribution is -0.359. The minimum absolute atomic E-state index is 0.108. The highest BCUT2D eigenvalue weighted by Crippen LogP contribution is 2.75. The van der Waals surface area contributed by atoms with Crippen LogP contribution in [-0.2, 0) is 38.0 Å². The third-order valence-corrected chi connectivity index (χ3v) is 18.0. The maximum Gasteiger partial charge on any atom is 0.314 e. The summed E-state index contributed by atoms with van der Waals surface area (Å²) in [6.45, 7) is 5.58. The molecule has 0 aromatic heterocycles. The number of ether oxygens (including phenoxy) is 7. The third-order valence-electron chi connectivity index (χ3n) is 18.0. The topological polar surface area (TPSA) is 365 Å². The fourth-order valence-electron chi connectivity index (χ4n) is 14.3. The normalized spacial score (nSPS) is 54.1. The molecule has 22 heteroatoms. The third kappa shape index (κ3) is 8.81. The lowest BCUT2D eigenvalue weighted by Gasteiger charge is -2.64. The molecular formula is C46H74O22. The van der Waals surface area contributed by atoms with Crippen LogP contribution in [0.5, 0.6) is 0 Å². The Bertz CT molecular complexity index is 1770. The number of carbonyl (C=O) groups is 1. The average molecular weight is 979 g/mol. The minimum atomic E-state index is -1.91. The highest BCUT2D eigenvalue weighted by atomic mass is 16.7. The van der Waals surface area contributed by atoms with Crippen LogP contribution < -0.4 is 0 Å². The van der Waals surface area contributed by atoms with Gasteiger partial charge >= 0.3 is 5.97 Å². The smallest absolute Gasteiger partial charge is 0.314 e. The Morgan fingerprint density at radius 3 is 1.79 bits per heavy atom. The number of hydrogen-bond donors (Lipinski definition) is 14. The van der Waals surface area contributed by atoms with E-state index in [9.17, 15) is 76.3 Å². The molecule has 22 nitrogen and oxygen atoms in total. The van der Waals surface area contributed by atoms with E-state index in [1.807, 2.05) is 6.92 Å². The van der Waals surface area contributed by atoms with Gasteiger partial charge in [-0.1, -0.05) is 25.5 Å². The van der Waals surface area contributed by atoms with Crippen molar-refractivity contribution < 1.29 is 109 Å². The number of esters is 1. The number of hydrogen-bond acceptors (Lipinski definition) is 22. The number of allylic oxidation sites excluding steroid dienone is 1. The molecule has 390 valence electrons. The molecule has 0 aromatic carbocycles. The first-order chi connectivity index (χ1) is 32.1. The summed E-state index contributed by atoms with van der Waals surface area (Å²) in [7, 11) is 0. The van der Waals surface area contributed by atoms with Crippen LogP contribution >= 0.6 is 0 Å². The van der Waals surface area contributed by atoms with Crippen LogP contribution in [-0.4, -0.2) is 227 Å². The molecule has 0 aromatic rings. The van der Waals surface area contributed by atoms with Crippen molar-refractivity contribution >= 4 is 5.97 Å². The summed E-state index contributed by atoms with van der Waals surface area (Å²) in [4.78, 5) is 14.3. The Morgan fingerprint density at radius 2 is 1.16 bits per heavy atom. The van der Waals surface area contributed by atoms with Gasteiger partial charge in [0.2, 0.25) is 6.29 Å². The fourth-order valence-corrected chi connectivity index (χ4v) is 14.3. The monoisotopic (exact) mass is 978 g/mol. The number of aliphatic hydroxyl groups excluding tert-OH is 14. The molecule has 4 heterocycles. The molecule has 4 aliphatic carbocycles. The van der Waals surface area contributed by atoms with Crippen molar-refractivity contribution in [1.82, 2.24) is 0 Å². The number of rotatable bonds is 12. The van der Waals surface area contributed by atoms with Crippen molar-refractivity contribution in [3.05, 3.63) is 12.2 Å². The van der Waals surface area contributed by atoms with E-state index >= 15 is 0 Å². The average Bonchev–Trinajstić information content (AvgIpc) is 3.45. The first-order valence-corrected chi connectivity index (χ1v) is 24.2. The van der Waals surface area contributed by atoms with Gasteiger partial charge in [0.25, 0.3) is 0 Å². The molecule has 1 spiro atoms. The van der Waals surface area contributed by atoms with Crippen LogP contribution in [0, 0.1) is 39.4 Å². The maximum absolute atomic E-state index is 14.3. The summed E-state index contributed by atoms with van der Waals surface area (Å²) in [5.41, 5.74) is -1.38. The first kappa shape index (κ1) is 52.7. The summed E-state index contributed by atoms with van der Waals surface area (Å²) in [6, 6.07) is 0. The first-order valence-electron chi connectivity index (χ1n) is 24.2. The maximum atomic E-state index is 14.3. The largest absolute Gasteiger partial charge is 0.432 e. The van der Waals surface area contributed by atoms with Gasteiger partial charge in [-0.05, 0) is 92.8 Å². The Labute approximate surface area is 394 Å². The molecular weight excluding hydrogens is 904 g/mol. The molecule has 4 saturated carbocycles. The predicted molar refractivity (Wildman–Crippen MR) is 227 cm³/mol. The zero-order chi connectivity index (χ0) is 49.4. The van der Waals surface area contributed by atoms with Crippen molar-refractivity contribution in [3.63, 3.8) is 0 Å². The Balaban J connectivity index is 1.07. The van der Waals surface area contributed by atoms with Crippen LogP contribution in [0.1, 0.15) is 78.1 Å². The molecule has 14 N–H and O–H groups in total. The molecule has 8 aliphatic rings. The second kappa shape index (κ2) is 20.0. The summed E-state index contributed by atoms with van der Waals surface area (Å²) in [5, 5.41) is 149. The van der Waals surface area contributed by atoms with Crippen molar-refractivity contribution in [1.29, 1.82) is 0 Å². The van der Waals surface area contributed by atoms with Gasteiger partial charge in [-0.25, -0.2) is 0 Å². The molecule has 26 atom stereocenters. The number of aliphatic hydroxyl groups is 14. The van der Waals surface area contributed by atoms with Crippen molar-refractivity contribution in [2.45, 2.75) is 195 Å². The summed E-state index contributed by atoms with van der Waals surface area (Å²) < 4.78 is 42.0. The van der Waals surface area contributed by atoms with Crippen LogP contribution in [0.25, 0.3) is 0 Å². The van der Waals surface area contributed by atoms with Gasteiger partial charge in [0.05, 0.1) is 50.7 Å². The predicted octanol–water partition coefficient (Wildman–Crippen LogP) is -4.20. The summed E-state index contributed by atoms with van der Waals surface area (Å²) >= 11 is 0. The van der Waals surface area contributed by atoms with Crippen LogP contribution in [0.15, 0.2) is 12.2 Å². The molecule has 2 bridgehead atoms. The molecule has 68 heavy (non-hydrogen) atoms. The second-order valence-electron chi connectivity index (χ2n) is 21.8. The zero-order valence-corrected chi connectivity index (χ0v) is 38.5. The lowest BCUT2D eigenvalue weighted by Crippen LogP contribution is -2.66. The highest BCUT2D eigenvalue weighted by Gasteiger charge is 2.69. The van der Waals surface area contributed by atoms with Crippen LogP contribution in [0.4, 0.5) is 0 Å². The van der Waals surface area contributed by atoms with Crippen molar-refractivity contribution in [3.8, 4) is 0 Å². The SMILES string of the molecule is C=C1C[C@@]23CC[C@H]4[C@@](C)(CCC[C@@]4(C)C(=O)O[C@@H]4OC(CO)[C@@H](O)C(O)C4O)[C@@H]2CC[C@]1(CC1O[C@H](CO)C(O)C(OC2O[C@H](CO)C(O)C(O)[C@H]2O)[C@H]1O[C@@H]1OCC(CO)[C@@H](O)C(O)C1O)C3. The van der Waals surface area contributed by atoms with Gasteiger partial charge in [-0.15, -0.1) is 0 Å². The van der Waals surface area contributed by atoms with E-state index in [2.05, 4.69) is 13.5 Å². The Kier molecular flexibility index (Phi) is 15.5. The van der Waals surface area contributed by atoms with Crippen molar-refractivity contribution in [2.75, 3.05) is 33.0 Å². The fraction of sp³-hybridized carbons (Fsp3) is 0.935. The minimum Gasteiger partial charge on any atom is -0.432 e. The van der Waals surface area contributed by atoms with Gasteiger partial charge < -0.3 is 105 Å². The van der Waals surface area contributed by atoms with Gasteiger partial charge in [0.1, 0.15) is 85.5 Å². The number of carbonyl (C=O) groups excluding carboxylic acids is 1. The van der Waals surface area contributed by atoms with Gasteiger partial charge in [0.15, 0.2) is 12.6 Å². The lowest BCUT2D eigenvalue weighted by atomic mass is 9.40. The molecule has 4 aliphatic heterocycles. The van der Waals surface area contributed by atoms with E-state index in [4.69, 9.17) is 33.2 Å². The van der Waals surface area contributed by atoms with E-state index < -0.39 is 166 Å². The Morgan fingerprint density at radius 1 is 0.603 bits per heavy atom. The summed E-state index contributed by atoms with van der Waals surface area (Å²) in [5.74, 6) is -1.67. The van der Waals surface area contributed by atoms with Gasteiger partial charge in [0, 0.05) is 5.92 Å². The second-order valence-corrected chi connectivity index (χ2v) is 21.8. The van der Waals surface area contributed by atoms with Crippen LogP contribution in [0.3, 0.4) is 0 Å². The van der Waals surface area contributed by atoms with Gasteiger partial charge in [-0.2, -0.15) is 0 Å². The highest BCUT2D eigenvalue weighted by molar-refractivity contribution is 5.77. The van der Waals surface area contributed by atoms with E-state index in [-0.39, 0.29) is 35.7 Å². The van der Waals surface area contributed by atoms with E-state index in [1.54, 1.807) is 0 Å². The molecule has 0 radical (unpaired) electrons. The van der Waals surface area contributed by atoms with E-state index in [0.717, 1.165) is 12.0 Å².